The first-order valence-corrected chi connectivity index (χ1v) is 11.0. The SMILES string of the molecule is CC(=O)Oc1cccnc1N1CCN(C2C(C)(C)C(O)(c3ccccc3)C2(C)C)CC1. The number of nitrogens with zero attached hydrogens (tertiary/aromatic N) is 3. The van der Waals surface area contributed by atoms with Gasteiger partial charge in [0.1, 0.15) is 5.60 Å². The van der Waals surface area contributed by atoms with Gasteiger partial charge in [0.05, 0.1) is 0 Å². The third-order valence-electron chi connectivity index (χ3n) is 7.41. The van der Waals surface area contributed by atoms with E-state index in [1.807, 2.05) is 30.3 Å². The third-order valence-corrected chi connectivity index (χ3v) is 7.41. The summed E-state index contributed by atoms with van der Waals surface area (Å²) in [7, 11) is 0. The van der Waals surface area contributed by atoms with Crippen LogP contribution in [-0.2, 0) is 10.4 Å². The summed E-state index contributed by atoms with van der Waals surface area (Å²) in [5, 5.41) is 11.9. The molecule has 1 saturated carbocycles. The van der Waals surface area contributed by atoms with Crippen molar-refractivity contribution < 1.29 is 14.6 Å². The number of aromatic nitrogens is 1. The number of pyridine rings is 1. The molecule has 2 aliphatic rings. The highest BCUT2D eigenvalue weighted by atomic mass is 16.5. The van der Waals surface area contributed by atoms with E-state index in [0.717, 1.165) is 31.7 Å². The Labute approximate surface area is 184 Å². The zero-order chi connectivity index (χ0) is 22.4. The summed E-state index contributed by atoms with van der Waals surface area (Å²) in [6, 6.07) is 13.9. The highest BCUT2D eigenvalue weighted by molar-refractivity contribution is 5.71. The van der Waals surface area contributed by atoms with Gasteiger partial charge in [0.25, 0.3) is 0 Å². The van der Waals surface area contributed by atoms with Gasteiger partial charge < -0.3 is 14.7 Å². The first-order chi connectivity index (χ1) is 14.6. The van der Waals surface area contributed by atoms with E-state index >= 15 is 0 Å². The lowest BCUT2D eigenvalue weighted by atomic mass is 9.39. The van der Waals surface area contributed by atoms with Crippen molar-refractivity contribution in [1.82, 2.24) is 9.88 Å². The number of piperazine rings is 1. The third kappa shape index (κ3) is 3.24. The number of carbonyl (C=O) groups is 1. The fourth-order valence-electron chi connectivity index (χ4n) is 6.43. The molecule has 2 heterocycles. The molecule has 31 heavy (non-hydrogen) atoms. The van der Waals surface area contributed by atoms with Gasteiger partial charge >= 0.3 is 5.97 Å². The molecule has 0 unspecified atom stereocenters. The van der Waals surface area contributed by atoms with Crippen molar-refractivity contribution in [2.45, 2.75) is 46.3 Å². The molecule has 1 N–H and O–H groups in total. The molecule has 2 aromatic rings. The fourth-order valence-corrected chi connectivity index (χ4v) is 6.43. The molecule has 1 aliphatic heterocycles. The van der Waals surface area contributed by atoms with Crippen LogP contribution < -0.4 is 9.64 Å². The van der Waals surface area contributed by atoms with Crippen LogP contribution in [0.5, 0.6) is 5.75 Å². The lowest BCUT2D eigenvalue weighted by molar-refractivity contribution is -0.307. The Bertz CT molecular complexity index is 933. The zero-order valence-corrected chi connectivity index (χ0v) is 19.1. The van der Waals surface area contributed by atoms with E-state index in [1.54, 1.807) is 18.3 Å². The van der Waals surface area contributed by atoms with Crippen LogP contribution in [0.4, 0.5) is 5.82 Å². The maximum Gasteiger partial charge on any atom is 0.308 e. The summed E-state index contributed by atoms with van der Waals surface area (Å²) in [6.45, 7) is 13.4. The van der Waals surface area contributed by atoms with Gasteiger partial charge in [-0.3, -0.25) is 9.69 Å². The predicted molar refractivity (Wildman–Crippen MR) is 121 cm³/mol. The number of esters is 1. The van der Waals surface area contributed by atoms with E-state index in [4.69, 9.17) is 4.74 Å². The second-order valence-electron chi connectivity index (χ2n) is 9.86. The van der Waals surface area contributed by atoms with Gasteiger partial charge in [-0.25, -0.2) is 4.98 Å². The minimum absolute atomic E-state index is 0.240. The van der Waals surface area contributed by atoms with Gasteiger partial charge in [-0.1, -0.05) is 58.0 Å². The Morgan fingerprint density at radius 2 is 1.61 bits per heavy atom. The van der Waals surface area contributed by atoms with Gasteiger partial charge in [0, 0.05) is 56.2 Å². The Morgan fingerprint density at radius 3 is 2.19 bits per heavy atom. The number of ether oxygens (including phenoxy) is 1. The lowest BCUT2D eigenvalue weighted by Crippen LogP contribution is -2.79. The maximum atomic E-state index is 11.9. The topological polar surface area (TPSA) is 65.9 Å². The Hall–Kier alpha value is -2.44. The second-order valence-corrected chi connectivity index (χ2v) is 9.86. The van der Waals surface area contributed by atoms with Gasteiger partial charge in [0.15, 0.2) is 11.6 Å². The highest BCUT2D eigenvalue weighted by Crippen LogP contribution is 2.68. The summed E-state index contributed by atoms with van der Waals surface area (Å²) in [4.78, 5) is 20.6. The largest absolute Gasteiger partial charge is 0.423 e. The molecule has 166 valence electrons. The molecular formula is C25H33N3O3. The summed E-state index contributed by atoms with van der Waals surface area (Å²) >= 11 is 0. The van der Waals surface area contributed by atoms with E-state index in [2.05, 4.69) is 42.5 Å². The van der Waals surface area contributed by atoms with Crippen LogP contribution in [0.1, 0.15) is 40.2 Å². The van der Waals surface area contributed by atoms with Crippen LogP contribution in [-0.4, -0.2) is 53.2 Å². The van der Waals surface area contributed by atoms with Crippen LogP contribution in [0, 0.1) is 10.8 Å². The smallest absolute Gasteiger partial charge is 0.308 e. The zero-order valence-electron chi connectivity index (χ0n) is 19.1. The summed E-state index contributed by atoms with van der Waals surface area (Å²) in [5.41, 5.74) is -0.506. The molecule has 0 atom stereocenters. The van der Waals surface area contributed by atoms with Crippen molar-refractivity contribution in [2.24, 2.45) is 10.8 Å². The summed E-state index contributed by atoms with van der Waals surface area (Å²) in [6.07, 6.45) is 1.73. The first kappa shape index (κ1) is 21.8. The Balaban J connectivity index is 1.52. The van der Waals surface area contributed by atoms with Crippen molar-refractivity contribution in [3.63, 3.8) is 0 Å². The van der Waals surface area contributed by atoms with Gasteiger partial charge in [-0.15, -0.1) is 0 Å². The number of anilines is 1. The van der Waals surface area contributed by atoms with Crippen molar-refractivity contribution in [3.05, 3.63) is 54.2 Å². The highest BCUT2D eigenvalue weighted by Gasteiger charge is 2.73. The number of aliphatic hydroxyl groups is 1. The molecule has 4 rings (SSSR count). The van der Waals surface area contributed by atoms with Crippen LogP contribution in [0.15, 0.2) is 48.7 Å². The molecule has 0 spiro atoms. The number of carbonyl (C=O) groups excluding carboxylic acids is 1. The van der Waals surface area contributed by atoms with Crippen molar-refractivity contribution >= 4 is 11.8 Å². The molecule has 1 aromatic carbocycles. The molecule has 1 aromatic heterocycles. The van der Waals surface area contributed by atoms with E-state index < -0.39 is 5.60 Å². The van der Waals surface area contributed by atoms with E-state index in [1.165, 1.54) is 6.92 Å². The standard InChI is InChI=1S/C25H33N3O3/c1-18(29)31-20-12-9-13-26-21(20)27-14-16-28(17-15-27)22-23(2,3)25(30,24(22,4)5)19-10-7-6-8-11-19/h6-13,22,30H,14-17H2,1-5H3. The molecule has 1 aliphatic carbocycles. The van der Waals surface area contributed by atoms with Crippen LogP contribution in [0.25, 0.3) is 0 Å². The first-order valence-electron chi connectivity index (χ1n) is 11.0. The lowest BCUT2D eigenvalue weighted by Gasteiger charge is -2.72. The Kier molecular flexibility index (Phi) is 5.34. The summed E-state index contributed by atoms with van der Waals surface area (Å²) in [5.74, 6) is 0.877. The fraction of sp³-hybridized carbons (Fsp3) is 0.520. The predicted octanol–water partition coefficient (Wildman–Crippen LogP) is 3.45. The molecule has 6 nitrogen and oxygen atoms in total. The van der Waals surface area contributed by atoms with Crippen LogP contribution in [0.3, 0.4) is 0 Å². The molecule has 6 heteroatoms. The molecule has 0 bridgehead atoms. The number of benzene rings is 1. The summed E-state index contributed by atoms with van der Waals surface area (Å²) < 4.78 is 5.36. The minimum atomic E-state index is -0.896. The number of hydrogen-bond acceptors (Lipinski definition) is 6. The van der Waals surface area contributed by atoms with Gasteiger partial charge in [-0.05, 0) is 17.7 Å². The maximum absolute atomic E-state index is 11.9. The van der Waals surface area contributed by atoms with Gasteiger partial charge in [0.2, 0.25) is 0 Å². The normalized spacial score (nSPS) is 27.4. The molecule has 0 amide bonds. The number of rotatable bonds is 4. The van der Waals surface area contributed by atoms with Crippen molar-refractivity contribution in [2.75, 3.05) is 31.1 Å². The van der Waals surface area contributed by atoms with Gasteiger partial charge in [-0.2, -0.15) is 0 Å². The van der Waals surface area contributed by atoms with Crippen molar-refractivity contribution in [1.29, 1.82) is 0 Å². The average Bonchev–Trinajstić information content (AvgIpc) is 2.74. The van der Waals surface area contributed by atoms with E-state index in [9.17, 15) is 9.90 Å². The average molecular weight is 424 g/mol. The molecule has 2 fully saturated rings. The quantitative estimate of drug-likeness (QED) is 0.760. The second kappa shape index (κ2) is 7.61. The van der Waals surface area contributed by atoms with Crippen molar-refractivity contribution in [3.8, 4) is 5.75 Å². The Morgan fingerprint density at radius 1 is 1.00 bits per heavy atom. The van der Waals surface area contributed by atoms with E-state index in [0.29, 0.717) is 11.6 Å². The molecule has 1 saturated heterocycles. The molecular weight excluding hydrogens is 390 g/mol. The number of hydrogen-bond donors (Lipinski definition) is 1. The van der Waals surface area contributed by atoms with Crippen LogP contribution in [0.2, 0.25) is 0 Å². The minimum Gasteiger partial charge on any atom is -0.423 e. The van der Waals surface area contributed by atoms with Crippen LogP contribution >= 0.6 is 0 Å². The monoisotopic (exact) mass is 423 g/mol. The molecule has 0 radical (unpaired) electrons. The van der Waals surface area contributed by atoms with E-state index in [-0.39, 0.29) is 22.8 Å².